The molecule has 1 atom stereocenters. The predicted octanol–water partition coefficient (Wildman–Crippen LogP) is 3.97. The van der Waals surface area contributed by atoms with Gasteiger partial charge in [-0.1, -0.05) is 44.2 Å². The van der Waals surface area contributed by atoms with E-state index in [1.165, 1.54) is 26.7 Å². The highest BCUT2D eigenvalue weighted by Crippen LogP contribution is 2.47. The third-order valence-electron chi connectivity index (χ3n) is 7.78. The van der Waals surface area contributed by atoms with E-state index in [1.54, 1.807) is 37.4 Å². The number of hydrogen-bond donors (Lipinski definition) is 3. The zero-order valence-corrected chi connectivity index (χ0v) is 23.4. The van der Waals surface area contributed by atoms with Crippen LogP contribution in [0.5, 0.6) is 17.2 Å². The molecule has 0 bridgehead atoms. The number of nitrogens with zero attached hydrogens (tertiary/aromatic N) is 1. The number of benzene rings is 2. The maximum Gasteiger partial charge on any atom is 0.245 e. The highest BCUT2D eigenvalue weighted by molar-refractivity contribution is 5.98. The van der Waals surface area contributed by atoms with Gasteiger partial charge in [0.15, 0.2) is 29.0 Å². The summed E-state index contributed by atoms with van der Waals surface area (Å²) in [6.07, 6.45) is 7.55. The van der Waals surface area contributed by atoms with Gasteiger partial charge in [-0.05, 0) is 60.6 Å². The Morgan fingerprint density at radius 3 is 2.35 bits per heavy atom. The lowest BCUT2D eigenvalue weighted by Crippen LogP contribution is -2.44. The van der Waals surface area contributed by atoms with Crippen LogP contribution < -0.4 is 30.6 Å². The molecule has 1 unspecified atom stereocenters. The summed E-state index contributed by atoms with van der Waals surface area (Å²) in [5.41, 5.74) is 7.06. The second kappa shape index (κ2) is 13.0. The highest BCUT2D eigenvalue weighted by atomic mass is 19.1. The van der Waals surface area contributed by atoms with E-state index in [0.717, 1.165) is 44.1 Å². The maximum atomic E-state index is 14.0. The van der Waals surface area contributed by atoms with E-state index in [1.807, 2.05) is 0 Å². The van der Waals surface area contributed by atoms with Crippen LogP contribution in [0.25, 0.3) is 0 Å². The predicted molar refractivity (Wildman–Crippen MR) is 150 cm³/mol. The molecule has 40 heavy (non-hydrogen) atoms. The van der Waals surface area contributed by atoms with Gasteiger partial charge < -0.3 is 25.3 Å². The first-order valence-electron chi connectivity index (χ1n) is 13.8. The number of methoxy groups -OCH3 is 3. The third kappa shape index (κ3) is 7.22. The zero-order valence-electron chi connectivity index (χ0n) is 23.4. The molecule has 0 aliphatic heterocycles. The van der Waals surface area contributed by atoms with Crippen LogP contribution in [0.4, 0.5) is 4.39 Å². The van der Waals surface area contributed by atoms with E-state index in [-0.39, 0.29) is 29.9 Å². The summed E-state index contributed by atoms with van der Waals surface area (Å²) in [6, 6.07) is 9.12. The number of carbonyl (C=O) groups excluding carboxylic acids is 2. The molecule has 2 aromatic rings. The molecule has 0 aromatic heterocycles. The molecule has 2 aliphatic carbocycles. The Bertz CT molecular complexity index is 1240. The number of hydrogen-bond acceptors (Lipinski definition) is 6. The Labute approximate surface area is 234 Å². The van der Waals surface area contributed by atoms with E-state index in [0.29, 0.717) is 29.4 Å². The number of amides is 2. The van der Waals surface area contributed by atoms with Crippen molar-refractivity contribution in [2.45, 2.75) is 69.4 Å². The second-order valence-electron chi connectivity index (χ2n) is 10.6. The number of ether oxygens (including phenoxy) is 3. The van der Waals surface area contributed by atoms with Crippen LogP contribution in [0.15, 0.2) is 41.4 Å². The van der Waals surface area contributed by atoms with Gasteiger partial charge in [0.2, 0.25) is 11.8 Å². The normalized spacial score (nSPS) is 17.4. The summed E-state index contributed by atoms with van der Waals surface area (Å²) in [5, 5.41) is 5.78. The van der Waals surface area contributed by atoms with E-state index in [9.17, 15) is 14.0 Å². The van der Waals surface area contributed by atoms with Crippen LogP contribution in [0.2, 0.25) is 0 Å². The summed E-state index contributed by atoms with van der Waals surface area (Å²) in [7, 11) is 4.49. The number of carbonyl (C=O) groups is 2. The van der Waals surface area contributed by atoms with Crippen molar-refractivity contribution in [1.82, 2.24) is 10.6 Å². The Morgan fingerprint density at radius 1 is 1.00 bits per heavy atom. The van der Waals surface area contributed by atoms with Crippen molar-refractivity contribution in [3.05, 3.63) is 53.3 Å². The van der Waals surface area contributed by atoms with Crippen LogP contribution in [0.1, 0.15) is 62.5 Å². The van der Waals surface area contributed by atoms with Crippen molar-refractivity contribution in [2.24, 2.45) is 16.6 Å². The summed E-state index contributed by atoms with van der Waals surface area (Å²) >= 11 is 0. The van der Waals surface area contributed by atoms with E-state index >= 15 is 0 Å². The monoisotopic (exact) mass is 554 g/mol. The molecule has 2 aromatic carbocycles. The quantitative estimate of drug-likeness (QED) is 0.285. The smallest absolute Gasteiger partial charge is 0.245 e. The molecule has 2 fully saturated rings. The lowest BCUT2D eigenvalue weighted by Gasteiger charge is -2.26. The number of rotatable bonds is 11. The molecule has 4 N–H and O–H groups in total. The van der Waals surface area contributed by atoms with Crippen LogP contribution in [-0.4, -0.2) is 45.1 Å². The van der Waals surface area contributed by atoms with Crippen molar-refractivity contribution < 1.29 is 28.2 Å². The molecule has 0 heterocycles. The minimum absolute atomic E-state index is 0.0472. The van der Waals surface area contributed by atoms with E-state index in [4.69, 9.17) is 19.9 Å². The summed E-state index contributed by atoms with van der Waals surface area (Å²) in [6.45, 7) is 0. The lowest BCUT2D eigenvalue weighted by atomic mass is 9.84. The minimum Gasteiger partial charge on any atom is -0.494 e. The third-order valence-corrected chi connectivity index (χ3v) is 7.78. The molecule has 2 aliphatic rings. The fourth-order valence-corrected chi connectivity index (χ4v) is 5.41. The molecule has 0 spiro atoms. The molecule has 2 saturated carbocycles. The van der Waals surface area contributed by atoms with Crippen LogP contribution in [0.3, 0.4) is 0 Å². The molecule has 0 saturated heterocycles. The number of nitrogens with one attached hydrogen (secondary N) is 2. The van der Waals surface area contributed by atoms with Crippen molar-refractivity contribution >= 4 is 17.8 Å². The number of halogens is 1. The van der Waals surface area contributed by atoms with Crippen molar-refractivity contribution in [3.8, 4) is 17.2 Å². The Hall–Kier alpha value is -3.82. The first-order chi connectivity index (χ1) is 19.3. The summed E-state index contributed by atoms with van der Waals surface area (Å²) in [4.78, 5) is 30.8. The first kappa shape index (κ1) is 29.2. The topological polar surface area (TPSA) is 124 Å². The number of guanidine groups is 1. The SMILES string of the molecule is COc1cc(C2(NC(=O)C(CC3CCCCC3)N=C(N)NC(=O)Cc3ccc(OC)c(OC)c3)CC2)ccc1F. The average molecular weight is 555 g/mol. The second-order valence-corrected chi connectivity index (χ2v) is 10.6. The Balaban J connectivity index is 1.47. The largest absolute Gasteiger partial charge is 0.494 e. The van der Waals surface area contributed by atoms with Gasteiger partial charge in [-0.3, -0.25) is 14.9 Å². The van der Waals surface area contributed by atoms with Crippen LogP contribution >= 0.6 is 0 Å². The van der Waals surface area contributed by atoms with Gasteiger partial charge in [0.05, 0.1) is 33.3 Å². The minimum atomic E-state index is -0.760. The van der Waals surface area contributed by atoms with E-state index in [2.05, 4.69) is 15.6 Å². The molecular weight excluding hydrogens is 515 g/mol. The fraction of sp³-hybridized carbons (Fsp3) is 0.500. The van der Waals surface area contributed by atoms with Crippen molar-refractivity contribution in [2.75, 3.05) is 21.3 Å². The molecule has 2 amide bonds. The molecule has 10 heteroatoms. The molecule has 0 radical (unpaired) electrons. The number of aliphatic imine (C=N–C) groups is 1. The van der Waals surface area contributed by atoms with Crippen molar-refractivity contribution in [1.29, 1.82) is 0 Å². The van der Waals surface area contributed by atoms with Gasteiger partial charge in [-0.2, -0.15) is 0 Å². The first-order valence-corrected chi connectivity index (χ1v) is 13.8. The standard InChI is InChI=1S/C30H39FN4O5/c1-38-24-12-9-20(16-26(24)40-3)17-27(36)34-29(32)33-23(15-19-7-5-4-6-8-19)28(37)35-30(13-14-30)21-10-11-22(31)25(18-21)39-2/h9-12,16,18-19,23H,4-8,13-15,17H2,1-3H3,(H,35,37)(H3,32,33,34,36). The Morgan fingerprint density at radius 2 is 1.70 bits per heavy atom. The van der Waals surface area contributed by atoms with Gasteiger partial charge in [-0.15, -0.1) is 0 Å². The number of nitrogens with two attached hydrogens (primary N) is 1. The fourth-order valence-electron chi connectivity index (χ4n) is 5.41. The lowest BCUT2D eigenvalue weighted by molar-refractivity contribution is -0.124. The molecular formula is C30H39FN4O5. The van der Waals surface area contributed by atoms with Gasteiger partial charge >= 0.3 is 0 Å². The Kier molecular flexibility index (Phi) is 9.50. The average Bonchev–Trinajstić information content (AvgIpc) is 3.73. The van der Waals surface area contributed by atoms with Gasteiger partial charge in [0.25, 0.3) is 0 Å². The van der Waals surface area contributed by atoms with Crippen LogP contribution in [-0.2, 0) is 21.5 Å². The summed E-state index contributed by atoms with van der Waals surface area (Å²) < 4.78 is 29.7. The van der Waals surface area contributed by atoms with E-state index < -0.39 is 17.4 Å². The van der Waals surface area contributed by atoms with Gasteiger partial charge in [0, 0.05) is 0 Å². The van der Waals surface area contributed by atoms with Crippen molar-refractivity contribution in [3.63, 3.8) is 0 Å². The molecule has 216 valence electrons. The van der Waals surface area contributed by atoms with Crippen LogP contribution in [0, 0.1) is 11.7 Å². The zero-order chi connectivity index (χ0) is 28.7. The highest BCUT2D eigenvalue weighted by Gasteiger charge is 2.47. The van der Waals surface area contributed by atoms with Gasteiger partial charge in [0.1, 0.15) is 6.04 Å². The molecule has 9 nitrogen and oxygen atoms in total. The van der Waals surface area contributed by atoms with Gasteiger partial charge in [-0.25, -0.2) is 9.38 Å². The maximum absolute atomic E-state index is 14.0. The summed E-state index contributed by atoms with van der Waals surface area (Å²) in [5.74, 6) is 0.398. The molecule has 4 rings (SSSR count).